The Balaban J connectivity index is 2.11. The van der Waals surface area contributed by atoms with Gasteiger partial charge in [0, 0.05) is 0 Å². The Morgan fingerprint density at radius 3 is 2.60 bits per heavy atom. The molecule has 0 aliphatic carbocycles. The number of hydrogen-bond donors (Lipinski definition) is 1. The normalized spacial score (nSPS) is 11.5. The van der Waals surface area contributed by atoms with Crippen molar-refractivity contribution >= 4 is 45.1 Å². The number of thiazole rings is 1. The zero-order valence-electron chi connectivity index (χ0n) is 13.4. The predicted molar refractivity (Wildman–Crippen MR) is 97.5 cm³/mol. The number of methoxy groups -OCH3 is 1. The number of benzene rings is 2. The summed E-state index contributed by atoms with van der Waals surface area (Å²) in [5.74, 6) is -1.42. The van der Waals surface area contributed by atoms with Crippen LogP contribution in [-0.2, 0) is 9.53 Å². The molecule has 0 aliphatic rings. The van der Waals surface area contributed by atoms with E-state index in [-0.39, 0.29) is 6.42 Å². The standard InChI is InChI=1S/C19H15NO4S/c1-24-19(23)14-7-3-2-6-12(14)10-13(11-17(21)22)18-20-15-8-4-5-9-16(15)25-18/h2-10H,11H2,1H3,(H,21,22)/b13-10+. The number of carbonyl (C=O) groups excluding carboxylic acids is 1. The Kier molecular flexibility index (Phi) is 4.90. The molecule has 5 nitrogen and oxygen atoms in total. The zero-order valence-corrected chi connectivity index (χ0v) is 14.2. The van der Waals surface area contributed by atoms with E-state index in [1.807, 2.05) is 24.3 Å². The molecule has 1 aromatic heterocycles. The Morgan fingerprint density at radius 2 is 1.88 bits per heavy atom. The number of fused-ring (bicyclic) bond motifs is 1. The van der Waals surface area contributed by atoms with Crippen LogP contribution in [0.2, 0.25) is 0 Å². The Bertz CT molecular complexity index is 941. The third kappa shape index (κ3) is 3.75. The second kappa shape index (κ2) is 7.27. The minimum absolute atomic E-state index is 0.185. The van der Waals surface area contributed by atoms with Gasteiger partial charge in [0.1, 0.15) is 5.01 Å². The summed E-state index contributed by atoms with van der Waals surface area (Å²) >= 11 is 1.43. The van der Waals surface area contributed by atoms with Crippen LogP contribution in [0, 0.1) is 0 Å². The molecule has 6 heteroatoms. The molecule has 0 unspecified atom stereocenters. The van der Waals surface area contributed by atoms with E-state index in [0.29, 0.717) is 21.7 Å². The molecule has 0 saturated carbocycles. The summed E-state index contributed by atoms with van der Waals surface area (Å²) in [4.78, 5) is 27.8. The number of aromatic nitrogens is 1. The van der Waals surface area contributed by atoms with Crippen molar-refractivity contribution in [2.75, 3.05) is 7.11 Å². The second-order valence-corrected chi connectivity index (χ2v) is 6.34. The van der Waals surface area contributed by atoms with Crippen LogP contribution >= 0.6 is 11.3 Å². The van der Waals surface area contributed by atoms with Gasteiger partial charge in [-0.25, -0.2) is 9.78 Å². The fourth-order valence-electron chi connectivity index (χ4n) is 2.47. The molecule has 126 valence electrons. The maximum absolute atomic E-state index is 11.9. The third-order valence-corrected chi connectivity index (χ3v) is 4.72. The van der Waals surface area contributed by atoms with Gasteiger partial charge in [0.2, 0.25) is 0 Å². The molecule has 0 amide bonds. The highest BCUT2D eigenvalue weighted by Crippen LogP contribution is 2.30. The summed E-state index contributed by atoms with van der Waals surface area (Å²) in [5.41, 5.74) is 2.35. The van der Waals surface area contributed by atoms with Gasteiger partial charge in [-0.05, 0) is 35.4 Å². The van der Waals surface area contributed by atoms with Crippen LogP contribution < -0.4 is 0 Å². The maximum atomic E-state index is 11.9. The molecule has 0 bridgehead atoms. The van der Waals surface area contributed by atoms with Crippen LogP contribution in [0.4, 0.5) is 0 Å². The smallest absolute Gasteiger partial charge is 0.338 e. The van der Waals surface area contributed by atoms with Gasteiger partial charge in [-0.15, -0.1) is 11.3 Å². The van der Waals surface area contributed by atoms with Crippen molar-refractivity contribution in [2.24, 2.45) is 0 Å². The number of rotatable bonds is 5. The Labute approximate surface area is 148 Å². The fraction of sp³-hybridized carbons (Fsp3) is 0.105. The number of ether oxygens (including phenoxy) is 1. The van der Waals surface area contributed by atoms with Gasteiger partial charge in [0.05, 0.1) is 29.3 Å². The average Bonchev–Trinajstić information content (AvgIpc) is 3.04. The lowest BCUT2D eigenvalue weighted by Crippen LogP contribution is -2.04. The first-order valence-electron chi connectivity index (χ1n) is 7.54. The van der Waals surface area contributed by atoms with Crippen LogP contribution in [0.3, 0.4) is 0 Å². The van der Waals surface area contributed by atoms with E-state index in [2.05, 4.69) is 4.98 Å². The van der Waals surface area contributed by atoms with Gasteiger partial charge in [-0.3, -0.25) is 4.79 Å². The van der Waals surface area contributed by atoms with E-state index in [1.165, 1.54) is 18.4 Å². The predicted octanol–water partition coefficient (Wildman–Crippen LogP) is 4.10. The average molecular weight is 353 g/mol. The Hall–Kier alpha value is -2.99. The highest BCUT2D eigenvalue weighted by atomic mass is 32.1. The maximum Gasteiger partial charge on any atom is 0.338 e. The first-order chi connectivity index (χ1) is 12.1. The van der Waals surface area contributed by atoms with Crippen molar-refractivity contribution in [1.82, 2.24) is 4.98 Å². The number of esters is 1. The summed E-state index contributed by atoms with van der Waals surface area (Å²) in [6, 6.07) is 14.5. The molecule has 1 heterocycles. The largest absolute Gasteiger partial charge is 0.481 e. The first kappa shape index (κ1) is 16.9. The monoisotopic (exact) mass is 353 g/mol. The summed E-state index contributed by atoms with van der Waals surface area (Å²) in [5, 5.41) is 9.90. The summed E-state index contributed by atoms with van der Waals surface area (Å²) in [7, 11) is 1.31. The lowest BCUT2D eigenvalue weighted by atomic mass is 10.0. The highest BCUT2D eigenvalue weighted by molar-refractivity contribution is 7.19. The van der Waals surface area contributed by atoms with Gasteiger partial charge in [-0.2, -0.15) is 0 Å². The van der Waals surface area contributed by atoms with E-state index in [9.17, 15) is 14.7 Å². The van der Waals surface area contributed by atoms with E-state index in [1.54, 1.807) is 30.3 Å². The lowest BCUT2D eigenvalue weighted by Gasteiger charge is -2.06. The number of hydrogen-bond acceptors (Lipinski definition) is 5. The summed E-state index contributed by atoms with van der Waals surface area (Å²) in [6.07, 6.45) is 1.51. The van der Waals surface area contributed by atoms with Crippen LogP contribution in [0.1, 0.15) is 27.3 Å². The van der Waals surface area contributed by atoms with Crippen LogP contribution in [0.5, 0.6) is 0 Å². The number of carbonyl (C=O) groups is 2. The van der Waals surface area contributed by atoms with Crippen LogP contribution in [0.15, 0.2) is 48.5 Å². The number of nitrogens with zero attached hydrogens (tertiary/aromatic N) is 1. The second-order valence-electron chi connectivity index (χ2n) is 5.31. The number of para-hydroxylation sites is 1. The summed E-state index contributed by atoms with van der Waals surface area (Å²) < 4.78 is 5.78. The van der Waals surface area contributed by atoms with Gasteiger partial charge in [-0.1, -0.05) is 30.3 Å². The van der Waals surface area contributed by atoms with Crippen LogP contribution in [-0.4, -0.2) is 29.1 Å². The van der Waals surface area contributed by atoms with Crippen LogP contribution in [0.25, 0.3) is 21.9 Å². The minimum atomic E-state index is -0.957. The Morgan fingerprint density at radius 1 is 1.16 bits per heavy atom. The van der Waals surface area contributed by atoms with Crippen molar-refractivity contribution in [2.45, 2.75) is 6.42 Å². The zero-order chi connectivity index (χ0) is 17.8. The molecule has 0 fully saturated rings. The van der Waals surface area contributed by atoms with Gasteiger partial charge < -0.3 is 9.84 Å². The number of aliphatic carboxylic acids is 1. The molecular weight excluding hydrogens is 338 g/mol. The lowest BCUT2D eigenvalue weighted by molar-refractivity contribution is -0.135. The molecule has 0 atom stereocenters. The first-order valence-corrected chi connectivity index (χ1v) is 8.36. The van der Waals surface area contributed by atoms with E-state index in [0.717, 1.165) is 10.2 Å². The van der Waals surface area contributed by atoms with Crippen molar-refractivity contribution < 1.29 is 19.4 Å². The summed E-state index contributed by atoms with van der Waals surface area (Å²) in [6.45, 7) is 0. The molecule has 3 rings (SSSR count). The molecule has 1 N–H and O–H groups in total. The van der Waals surface area contributed by atoms with Gasteiger partial charge >= 0.3 is 11.9 Å². The van der Waals surface area contributed by atoms with Crippen molar-refractivity contribution in [3.8, 4) is 0 Å². The third-order valence-electron chi connectivity index (χ3n) is 3.61. The topological polar surface area (TPSA) is 76.5 Å². The SMILES string of the molecule is COC(=O)c1ccccc1/C=C(\CC(=O)O)c1nc2ccccc2s1. The molecule has 0 radical (unpaired) electrons. The minimum Gasteiger partial charge on any atom is -0.481 e. The molecule has 0 spiro atoms. The molecule has 25 heavy (non-hydrogen) atoms. The molecule has 0 saturated heterocycles. The number of carboxylic acid groups (broad SMARTS) is 1. The molecule has 0 aliphatic heterocycles. The van der Waals surface area contributed by atoms with Crippen molar-refractivity contribution in [3.05, 3.63) is 64.7 Å². The van der Waals surface area contributed by atoms with E-state index in [4.69, 9.17) is 4.74 Å². The molecule has 2 aromatic carbocycles. The van der Waals surface area contributed by atoms with E-state index < -0.39 is 11.9 Å². The molecule has 3 aromatic rings. The van der Waals surface area contributed by atoms with Crippen molar-refractivity contribution in [1.29, 1.82) is 0 Å². The number of carboxylic acids is 1. The fourth-order valence-corrected chi connectivity index (χ4v) is 3.45. The highest BCUT2D eigenvalue weighted by Gasteiger charge is 2.15. The van der Waals surface area contributed by atoms with Gasteiger partial charge in [0.15, 0.2) is 0 Å². The quantitative estimate of drug-likeness (QED) is 0.699. The van der Waals surface area contributed by atoms with Crippen molar-refractivity contribution in [3.63, 3.8) is 0 Å². The molecular formula is C19H15NO4S. The van der Waals surface area contributed by atoms with E-state index >= 15 is 0 Å². The van der Waals surface area contributed by atoms with Gasteiger partial charge in [0.25, 0.3) is 0 Å².